The number of H-pyrrole nitrogens is 1. The van der Waals surface area contributed by atoms with Gasteiger partial charge in [0.05, 0.1) is 9.95 Å². The largest absolute Gasteiger partial charge is 0.364 e. The topological polar surface area (TPSA) is 110 Å². The highest BCUT2D eigenvalue weighted by molar-refractivity contribution is 6.30. The number of halogens is 1. The third-order valence-electron chi connectivity index (χ3n) is 2.15. The van der Waals surface area contributed by atoms with Crippen LogP contribution < -0.4 is 5.32 Å². The summed E-state index contributed by atoms with van der Waals surface area (Å²) in [6.07, 6.45) is 3.31. The number of hydrogen-bond donors (Lipinski definition) is 2. The Bertz CT molecular complexity index is 544. The molecule has 0 spiro atoms. The number of aromatic amines is 1. The normalized spacial score (nSPS) is 10.3. The summed E-state index contributed by atoms with van der Waals surface area (Å²) in [5.41, 5.74) is -0.153. The summed E-state index contributed by atoms with van der Waals surface area (Å²) in [6.45, 7) is 0.449. The minimum absolute atomic E-state index is 0.153. The molecule has 0 aliphatic rings. The number of aromatic nitrogens is 4. The molecule has 94 valence electrons. The Labute approximate surface area is 107 Å². The van der Waals surface area contributed by atoms with Crippen molar-refractivity contribution in [1.29, 1.82) is 0 Å². The summed E-state index contributed by atoms with van der Waals surface area (Å²) in [5, 5.41) is 20.3. The first-order chi connectivity index (χ1) is 8.66. The molecule has 0 saturated heterocycles. The number of pyridine rings is 1. The Morgan fingerprint density at radius 3 is 3.00 bits per heavy atom. The molecule has 18 heavy (non-hydrogen) atoms. The zero-order valence-electron chi connectivity index (χ0n) is 9.13. The van der Waals surface area contributed by atoms with Crippen LogP contribution in [-0.4, -0.2) is 31.6 Å². The van der Waals surface area contributed by atoms with Gasteiger partial charge in [-0.15, -0.1) is 0 Å². The van der Waals surface area contributed by atoms with Gasteiger partial charge >= 0.3 is 5.69 Å². The number of rotatable bonds is 5. The van der Waals surface area contributed by atoms with E-state index in [1.807, 2.05) is 0 Å². The van der Waals surface area contributed by atoms with Crippen LogP contribution in [0, 0.1) is 10.1 Å². The highest BCUT2D eigenvalue weighted by atomic mass is 35.5. The maximum atomic E-state index is 10.8. The summed E-state index contributed by atoms with van der Waals surface area (Å²) in [5.74, 6) is 0.878. The fourth-order valence-corrected chi connectivity index (χ4v) is 1.51. The van der Waals surface area contributed by atoms with E-state index in [1.54, 1.807) is 0 Å². The molecule has 0 fully saturated rings. The van der Waals surface area contributed by atoms with Crippen LogP contribution >= 0.6 is 11.6 Å². The fourth-order valence-electron chi connectivity index (χ4n) is 1.35. The van der Waals surface area contributed by atoms with Crippen molar-refractivity contribution in [2.45, 2.75) is 6.42 Å². The molecule has 2 aromatic heterocycles. The van der Waals surface area contributed by atoms with Crippen LogP contribution in [0.2, 0.25) is 5.02 Å². The van der Waals surface area contributed by atoms with Gasteiger partial charge in [-0.3, -0.25) is 15.2 Å². The molecule has 0 unspecified atom stereocenters. The molecule has 0 amide bonds. The van der Waals surface area contributed by atoms with Crippen LogP contribution in [0.1, 0.15) is 5.82 Å². The van der Waals surface area contributed by atoms with Crippen molar-refractivity contribution in [3.05, 3.63) is 39.6 Å². The van der Waals surface area contributed by atoms with Gasteiger partial charge in [0.25, 0.3) is 0 Å². The Balaban J connectivity index is 2.02. The number of anilines is 1. The third kappa shape index (κ3) is 2.92. The molecule has 9 heteroatoms. The number of nitrogens with zero attached hydrogens (tertiary/aromatic N) is 4. The van der Waals surface area contributed by atoms with Crippen molar-refractivity contribution >= 4 is 23.1 Å². The van der Waals surface area contributed by atoms with Gasteiger partial charge in [0.15, 0.2) is 0 Å². The van der Waals surface area contributed by atoms with Crippen LogP contribution in [0.3, 0.4) is 0 Å². The van der Waals surface area contributed by atoms with Crippen LogP contribution in [0.5, 0.6) is 0 Å². The van der Waals surface area contributed by atoms with E-state index >= 15 is 0 Å². The van der Waals surface area contributed by atoms with Gasteiger partial charge in [-0.25, -0.2) is 9.97 Å². The van der Waals surface area contributed by atoms with E-state index in [-0.39, 0.29) is 16.5 Å². The Kier molecular flexibility index (Phi) is 3.68. The molecule has 0 aliphatic carbocycles. The van der Waals surface area contributed by atoms with Crippen molar-refractivity contribution in [3.63, 3.8) is 0 Å². The number of hydrogen-bond acceptors (Lipinski definition) is 6. The average molecular weight is 269 g/mol. The maximum Gasteiger partial charge on any atom is 0.312 e. The fraction of sp³-hybridized carbons (Fsp3) is 0.222. The SMILES string of the molecule is O=[N+]([O-])c1cc(Cl)cnc1NCCc1ncn[nH]1. The predicted molar refractivity (Wildman–Crippen MR) is 64.5 cm³/mol. The smallest absolute Gasteiger partial charge is 0.312 e. The van der Waals surface area contributed by atoms with Gasteiger partial charge in [0.1, 0.15) is 12.2 Å². The van der Waals surface area contributed by atoms with E-state index in [4.69, 9.17) is 11.6 Å². The molecule has 0 atom stereocenters. The van der Waals surface area contributed by atoms with E-state index in [1.165, 1.54) is 18.6 Å². The standard InChI is InChI=1S/C9H9ClN6O2/c10-6-3-7(16(17)18)9(12-4-6)11-2-1-8-13-5-14-15-8/h3-5H,1-2H2,(H,11,12)(H,13,14,15). The van der Waals surface area contributed by atoms with Gasteiger partial charge in [-0.1, -0.05) is 11.6 Å². The molecule has 0 bridgehead atoms. The first kappa shape index (κ1) is 12.2. The molecule has 2 heterocycles. The van der Waals surface area contributed by atoms with Crippen LogP contribution in [0.15, 0.2) is 18.6 Å². The molecule has 0 aromatic carbocycles. The van der Waals surface area contributed by atoms with E-state index in [0.29, 0.717) is 18.8 Å². The van der Waals surface area contributed by atoms with Crippen LogP contribution in [0.25, 0.3) is 0 Å². The number of nitrogens with one attached hydrogen (secondary N) is 2. The minimum atomic E-state index is -0.532. The summed E-state index contributed by atoms with van der Waals surface area (Å²) in [6, 6.07) is 1.26. The van der Waals surface area contributed by atoms with Gasteiger partial charge in [0.2, 0.25) is 5.82 Å². The minimum Gasteiger partial charge on any atom is -0.364 e. The van der Waals surface area contributed by atoms with E-state index in [0.717, 1.165) is 0 Å². The Morgan fingerprint density at radius 1 is 1.50 bits per heavy atom. The summed E-state index contributed by atoms with van der Waals surface area (Å²) < 4.78 is 0. The van der Waals surface area contributed by atoms with Crippen molar-refractivity contribution in [3.8, 4) is 0 Å². The molecule has 2 aromatic rings. The Hall–Kier alpha value is -2.22. The lowest BCUT2D eigenvalue weighted by Gasteiger charge is -2.04. The second-order valence-corrected chi connectivity index (χ2v) is 3.82. The zero-order valence-corrected chi connectivity index (χ0v) is 9.89. The van der Waals surface area contributed by atoms with Crippen molar-refractivity contribution in [1.82, 2.24) is 20.2 Å². The van der Waals surface area contributed by atoms with Gasteiger partial charge in [-0.2, -0.15) is 5.10 Å². The summed E-state index contributed by atoms with van der Waals surface area (Å²) in [4.78, 5) is 18.1. The highest BCUT2D eigenvalue weighted by Crippen LogP contribution is 2.24. The lowest BCUT2D eigenvalue weighted by molar-refractivity contribution is -0.384. The molecule has 0 aliphatic heterocycles. The molecule has 0 saturated carbocycles. The lowest BCUT2D eigenvalue weighted by Crippen LogP contribution is -2.09. The lowest BCUT2D eigenvalue weighted by atomic mass is 10.3. The van der Waals surface area contributed by atoms with E-state index < -0.39 is 4.92 Å². The molecule has 2 N–H and O–H groups in total. The predicted octanol–water partition coefficient (Wildman–Crippen LogP) is 1.42. The average Bonchev–Trinajstić information content (AvgIpc) is 2.84. The molecular weight excluding hydrogens is 260 g/mol. The van der Waals surface area contributed by atoms with E-state index in [2.05, 4.69) is 25.5 Å². The molecule has 2 rings (SSSR count). The van der Waals surface area contributed by atoms with Crippen molar-refractivity contribution in [2.24, 2.45) is 0 Å². The second-order valence-electron chi connectivity index (χ2n) is 3.39. The zero-order chi connectivity index (χ0) is 13.0. The van der Waals surface area contributed by atoms with Crippen LogP contribution in [-0.2, 0) is 6.42 Å². The summed E-state index contributed by atoms with van der Waals surface area (Å²) >= 11 is 5.66. The molecular formula is C9H9ClN6O2. The monoisotopic (exact) mass is 268 g/mol. The van der Waals surface area contributed by atoms with Gasteiger partial charge in [0, 0.05) is 25.2 Å². The summed E-state index contributed by atoms with van der Waals surface area (Å²) in [7, 11) is 0. The quantitative estimate of drug-likeness (QED) is 0.627. The van der Waals surface area contributed by atoms with E-state index in [9.17, 15) is 10.1 Å². The van der Waals surface area contributed by atoms with Crippen LogP contribution in [0.4, 0.5) is 11.5 Å². The Morgan fingerprint density at radius 2 is 2.33 bits per heavy atom. The van der Waals surface area contributed by atoms with Crippen molar-refractivity contribution in [2.75, 3.05) is 11.9 Å². The first-order valence-corrected chi connectivity index (χ1v) is 5.42. The van der Waals surface area contributed by atoms with Crippen molar-refractivity contribution < 1.29 is 4.92 Å². The molecule has 8 nitrogen and oxygen atoms in total. The second kappa shape index (κ2) is 5.41. The van der Waals surface area contributed by atoms with Gasteiger partial charge in [-0.05, 0) is 0 Å². The molecule has 0 radical (unpaired) electrons. The highest BCUT2D eigenvalue weighted by Gasteiger charge is 2.15. The third-order valence-corrected chi connectivity index (χ3v) is 2.36. The number of nitro groups is 1. The van der Waals surface area contributed by atoms with Gasteiger partial charge < -0.3 is 5.32 Å². The maximum absolute atomic E-state index is 10.8. The first-order valence-electron chi connectivity index (χ1n) is 5.05.